The molecule has 0 saturated heterocycles. The summed E-state index contributed by atoms with van der Waals surface area (Å²) in [5, 5.41) is 12.4. The van der Waals surface area contributed by atoms with Gasteiger partial charge in [-0.3, -0.25) is 4.79 Å². The first kappa shape index (κ1) is 14.1. The minimum atomic E-state index is -0.224. The van der Waals surface area contributed by atoms with E-state index in [4.69, 9.17) is 5.73 Å². The predicted octanol–water partition coefficient (Wildman–Crippen LogP) is 2.13. The zero-order valence-electron chi connectivity index (χ0n) is 11.3. The molecule has 2 aromatic rings. The molecule has 104 valence electrons. The fraction of sp³-hybridized carbons (Fsp3) is 0.188. The van der Waals surface area contributed by atoms with Gasteiger partial charge in [0, 0.05) is 12.1 Å². The van der Waals surface area contributed by atoms with Crippen molar-refractivity contribution in [3.63, 3.8) is 0 Å². The number of hydrogen-bond acceptors (Lipinski definition) is 3. The lowest BCUT2D eigenvalue weighted by Crippen LogP contribution is -2.33. The van der Waals surface area contributed by atoms with Gasteiger partial charge in [0.15, 0.2) is 0 Å². The van der Waals surface area contributed by atoms with Crippen LogP contribution in [-0.4, -0.2) is 17.6 Å². The highest BCUT2D eigenvalue weighted by molar-refractivity contribution is 5.94. The van der Waals surface area contributed by atoms with Crippen molar-refractivity contribution < 1.29 is 9.90 Å². The van der Waals surface area contributed by atoms with Gasteiger partial charge in [0.1, 0.15) is 5.75 Å². The number of phenolic OH excluding ortho intramolecular Hbond substituents is 1. The number of carbonyl (C=O) groups excluding carboxylic acids is 1. The van der Waals surface area contributed by atoms with Crippen LogP contribution in [0.1, 0.15) is 27.5 Å². The van der Waals surface area contributed by atoms with E-state index in [0.29, 0.717) is 17.7 Å². The van der Waals surface area contributed by atoms with Crippen LogP contribution >= 0.6 is 0 Å². The molecule has 0 aliphatic heterocycles. The van der Waals surface area contributed by atoms with E-state index >= 15 is 0 Å². The summed E-state index contributed by atoms with van der Waals surface area (Å²) in [6, 6.07) is 14.1. The summed E-state index contributed by atoms with van der Waals surface area (Å²) in [5.74, 6) is -0.0209. The lowest BCUT2D eigenvalue weighted by Gasteiger charge is -2.17. The Hall–Kier alpha value is -2.33. The maximum absolute atomic E-state index is 12.2. The Kier molecular flexibility index (Phi) is 4.38. The summed E-state index contributed by atoms with van der Waals surface area (Å²) in [5.41, 5.74) is 7.88. The monoisotopic (exact) mass is 270 g/mol. The molecule has 0 radical (unpaired) electrons. The van der Waals surface area contributed by atoms with Gasteiger partial charge in [-0.1, -0.05) is 30.3 Å². The lowest BCUT2D eigenvalue weighted by molar-refractivity contribution is 0.0937. The molecular weight excluding hydrogens is 252 g/mol. The van der Waals surface area contributed by atoms with Gasteiger partial charge in [-0.05, 0) is 36.2 Å². The molecule has 0 bridgehead atoms. The van der Waals surface area contributed by atoms with Crippen LogP contribution in [0.4, 0.5) is 0 Å². The van der Waals surface area contributed by atoms with Gasteiger partial charge in [-0.15, -0.1) is 0 Å². The van der Waals surface area contributed by atoms with Gasteiger partial charge >= 0.3 is 0 Å². The van der Waals surface area contributed by atoms with E-state index in [-0.39, 0.29) is 17.7 Å². The van der Waals surface area contributed by atoms with Gasteiger partial charge in [0.05, 0.1) is 6.04 Å². The molecule has 4 N–H and O–H groups in total. The molecule has 1 atom stereocenters. The average molecular weight is 270 g/mol. The summed E-state index contributed by atoms with van der Waals surface area (Å²) in [7, 11) is 0. The van der Waals surface area contributed by atoms with Crippen molar-refractivity contribution in [1.82, 2.24) is 5.32 Å². The fourth-order valence-electron chi connectivity index (χ4n) is 2.00. The average Bonchev–Trinajstić information content (AvgIpc) is 2.48. The molecule has 0 spiro atoms. The Morgan fingerprint density at radius 1 is 1.25 bits per heavy atom. The second kappa shape index (κ2) is 6.21. The minimum absolute atomic E-state index is 0.181. The third-order valence-corrected chi connectivity index (χ3v) is 3.20. The number of aryl methyl sites for hydroxylation is 1. The number of phenols is 1. The lowest BCUT2D eigenvalue weighted by atomic mass is 10.1. The second-order valence-electron chi connectivity index (χ2n) is 4.67. The number of rotatable bonds is 4. The van der Waals surface area contributed by atoms with E-state index < -0.39 is 0 Å². The zero-order valence-corrected chi connectivity index (χ0v) is 11.3. The van der Waals surface area contributed by atoms with Gasteiger partial charge < -0.3 is 16.2 Å². The Bertz CT molecular complexity index is 597. The third kappa shape index (κ3) is 3.16. The standard InChI is InChI=1S/C16H18N2O2/c1-11-9-13(7-8-15(11)19)16(20)18-14(10-17)12-5-3-2-4-6-12/h2-9,14,19H,10,17H2,1H3,(H,18,20). The molecule has 0 aliphatic carbocycles. The topological polar surface area (TPSA) is 75.4 Å². The highest BCUT2D eigenvalue weighted by Gasteiger charge is 2.14. The molecular formula is C16H18N2O2. The molecule has 1 unspecified atom stereocenters. The van der Waals surface area contributed by atoms with E-state index in [2.05, 4.69) is 5.32 Å². The number of nitrogens with one attached hydrogen (secondary N) is 1. The first-order chi connectivity index (χ1) is 9.61. The van der Waals surface area contributed by atoms with Crippen molar-refractivity contribution in [2.24, 2.45) is 5.73 Å². The quantitative estimate of drug-likeness (QED) is 0.796. The molecule has 1 amide bonds. The molecule has 2 aromatic carbocycles. The zero-order chi connectivity index (χ0) is 14.5. The fourth-order valence-corrected chi connectivity index (χ4v) is 2.00. The molecule has 0 fully saturated rings. The van der Waals surface area contributed by atoms with Crippen molar-refractivity contribution >= 4 is 5.91 Å². The Balaban J connectivity index is 2.15. The molecule has 0 aromatic heterocycles. The van der Waals surface area contributed by atoms with Crippen molar-refractivity contribution in [3.8, 4) is 5.75 Å². The Morgan fingerprint density at radius 2 is 1.95 bits per heavy atom. The van der Waals surface area contributed by atoms with E-state index in [1.807, 2.05) is 30.3 Å². The first-order valence-electron chi connectivity index (χ1n) is 6.47. The summed E-state index contributed by atoms with van der Waals surface area (Å²) in [6.07, 6.45) is 0. The van der Waals surface area contributed by atoms with Crippen LogP contribution in [0, 0.1) is 6.92 Å². The summed E-state index contributed by atoms with van der Waals surface area (Å²) in [6.45, 7) is 2.08. The van der Waals surface area contributed by atoms with E-state index in [1.54, 1.807) is 19.1 Å². The smallest absolute Gasteiger partial charge is 0.251 e. The van der Waals surface area contributed by atoms with Crippen molar-refractivity contribution in [2.45, 2.75) is 13.0 Å². The molecule has 0 aliphatic rings. The van der Waals surface area contributed by atoms with Gasteiger partial charge in [0.25, 0.3) is 5.91 Å². The number of benzene rings is 2. The van der Waals surface area contributed by atoms with Gasteiger partial charge in [0.2, 0.25) is 0 Å². The predicted molar refractivity (Wildman–Crippen MR) is 78.5 cm³/mol. The maximum Gasteiger partial charge on any atom is 0.251 e. The number of carbonyl (C=O) groups is 1. The van der Waals surface area contributed by atoms with Crippen LogP contribution in [-0.2, 0) is 0 Å². The van der Waals surface area contributed by atoms with Crippen LogP contribution in [0.5, 0.6) is 5.75 Å². The normalized spacial score (nSPS) is 11.9. The van der Waals surface area contributed by atoms with Crippen LogP contribution in [0.25, 0.3) is 0 Å². The highest BCUT2D eigenvalue weighted by atomic mass is 16.3. The number of hydrogen-bond donors (Lipinski definition) is 3. The molecule has 0 heterocycles. The van der Waals surface area contributed by atoms with Crippen LogP contribution in [0.2, 0.25) is 0 Å². The number of aromatic hydroxyl groups is 1. The summed E-state index contributed by atoms with van der Waals surface area (Å²) >= 11 is 0. The highest BCUT2D eigenvalue weighted by Crippen LogP contribution is 2.18. The van der Waals surface area contributed by atoms with Crippen molar-refractivity contribution in [2.75, 3.05) is 6.54 Å². The largest absolute Gasteiger partial charge is 0.508 e. The molecule has 20 heavy (non-hydrogen) atoms. The molecule has 0 saturated carbocycles. The van der Waals surface area contributed by atoms with E-state index in [0.717, 1.165) is 5.56 Å². The second-order valence-corrected chi connectivity index (χ2v) is 4.67. The summed E-state index contributed by atoms with van der Waals surface area (Å²) in [4.78, 5) is 12.2. The molecule has 4 nitrogen and oxygen atoms in total. The minimum Gasteiger partial charge on any atom is -0.508 e. The first-order valence-corrected chi connectivity index (χ1v) is 6.47. The Morgan fingerprint density at radius 3 is 2.55 bits per heavy atom. The molecule has 2 rings (SSSR count). The Labute approximate surface area is 118 Å². The van der Waals surface area contributed by atoms with E-state index in [1.165, 1.54) is 6.07 Å². The molecule has 4 heteroatoms. The third-order valence-electron chi connectivity index (χ3n) is 3.20. The van der Waals surface area contributed by atoms with Crippen LogP contribution in [0.3, 0.4) is 0 Å². The van der Waals surface area contributed by atoms with Crippen molar-refractivity contribution in [3.05, 3.63) is 65.2 Å². The maximum atomic E-state index is 12.2. The van der Waals surface area contributed by atoms with Crippen molar-refractivity contribution in [1.29, 1.82) is 0 Å². The number of nitrogens with two attached hydrogens (primary N) is 1. The SMILES string of the molecule is Cc1cc(C(=O)NC(CN)c2ccccc2)ccc1O. The summed E-state index contributed by atoms with van der Waals surface area (Å²) < 4.78 is 0. The van der Waals surface area contributed by atoms with Crippen LogP contribution < -0.4 is 11.1 Å². The van der Waals surface area contributed by atoms with Gasteiger partial charge in [-0.2, -0.15) is 0 Å². The van der Waals surface area contributed by atoms with Gasteiger partial charge in [-0.25, -0.2) is 0 Å². The number of amides is 1. The van der Waals surface area contributed by atoms with E-state index in [9.17, 15) is 9.90 Å². The van der Waals surface area contributed by atoms with Crippen LogP contribution in [0.15, 0.2) is 48.5 Å².